The molecule has 2 N–H and O–H groups in total. The Hall–Kier alpha value is -2.91. The SMILES string of the molecule is Cc1ncsc1COc1ccc2oc(C)c(C(=O)NC3CC(=O)N(CCO)C3)c2c1. The first-order chi connectivity index (χ1) is 14.5. The number of hydrogen-bond donors (Lipinski definition) is 2. The van der Waals surface area contributed by atoms with Gasteiger partial charge in [-0.25, -0.2) is 4.98 Å². The van der Waals surface area contributed by atoms with E-state index in [9.17, 15) is 9.59 Å². The predicted molar refractivity (Wildman–Crippen MR) is 112 cm³/mol. The van der Waals surface area contributed by atoms with Crippen LogP contribution in [-0.2, 0) is 11.4 Å². The van der Waals surface area contributed by atoms with E-state index in [1.54, 1.807) is 40.8 Å². The number of aryl methyl sites for hydroxylation is 2. The highest BCUT2D eigenvalue weighted by Gasteiger charge is 2.31. The number of β-amino-alcohol motifs (C(OH)–C–C–N with tert-alkyl or cyclic N) is 1. The highest BCUT2D eigenvalue weighted by Crippen LogP contribution is 2.30. The lowest BCUT2D eigenvalue weighted by molar-refractivity contribution is -0.128. The number of likely N-dealkylation sites (tertiary alicyclic amines) is 1. The molecule has 1 fully saturated rings. The van der Waals surface area contributed by atoms with Gasteiger partial charge in [0.05, 0.1) is 34.3 Å². The van der Waals surface area contributed by atoms with Crippen LogP contribution in [0.25, 0.3) is 11.0 Å². The lowest BCUT2D eigenvalue weighted by atomic mass is 10.1. The highest BCUT2D eigenvalue weighted by atomic mass is 32.1. The van der Waals surface area contributed by atoms with Crippen LogP contribution in [0.5, 0.6) is 5.75 Å². The van der Waals surface area contributed by atoms with Crippen LogP contribution >= 0.6 is 11.3 Å². The number of amides is 2. The molecule has 3 heterocycles. The maximum absolute atomic E-state index is 13.0. The summed E-state index contributed by atoms with van der Waals surface area (Å²) < 4.78 is 11.6. The minimum Gasteiger partial charge on any atom is -0.488 e. The monoisotopic (exact) mass is 429 g/mol. The second kappa shape index (κ2) is 8.45. The number of aromatic nitrogens is 1. The van der Waals surface area contributed by atoms with Gasteiger partial charge < -0.3 is 24.5 Å². The number of ether oxygens (including phenoxy) is 1. The summed E-state index contributed by atoms with van der Waals surface area (Å²) in [4.78, 5) is 31.8. The third-order valence-electron chi connectivity index (χ3n) is 5.20. The van der Waals surface area contributed by atoms with Gasteiger partial charge in [-0.2, -0.15) is 0 Å². The zero-order chi connectivity index (χ0) is 21.3. The summed E-state index contributed by atoms with van der Waals surface area (Å²) in [6, 6.07) is 5.10. The molecule has 4 rings (SSSR count). The lowest BCUT2D eigenvalue weighted by Gasteiger charge is -2.15. The summed E-state index contributed by atoms with van der Waals surface area (Å²) in [6.45, 7) is 4.66. The van der Waals surface area contributed by atoms with Gasteiger partial charge in [0, 0.05) is 24.9 Å². The van der Waals surface area contributed by atoms with Gasteiger partial charge in [0.2, 0.25) is 5.91 Å². The van der Waals surface area contributed by atoms with Gasteiger partial charge in [-0.1, -0.05) is 0 Å². The molecule has 0 aliphatic carbocycles. The van der Waals surface area contributed by atoms with E-state index in [1.807, 2.05) is 13.0 Å². The summed E-state index contributed by atoms with van der Waals surface area (Å²) >= 11 is 1.54. The average molecular weight is 429 g/mol. The Morgan fingerprint density at radius 1 is 1.43 bits per heavy atom. The molecule has 158 valence electrons. The third-order valence-corrected chi connectivity index (χ3v) is 6.11. The second-order valence-corrected chi connectivity index (χ2v) is 8.22. The number of hydrogen-bond acceptors (Lipinski definition) is 7. The normalized spacial score (nSPS) is 16.4. The van der Waals surface area contributed by atoms with E-state index in [-0.39, 0.29) is 37.4 Å². The number of aliphatic hydroxyl groups excluding tert-OH is 1. The minimum atomic E-state index is -0.297. The van der Waals surface area contributed by atoms with Crippen LogP contribution in [0.2, 0.25) is 0 Å². The average Bonchev–Trinajstić information content (AvgIpc) is 3.36. The van der Waals surface area contributed by atoms with Gasteiger partial charge in [-0.3, -0.25) is 9.59 Å². The molecule has 0 radical (unpaired) electrons. The van der Waals surface area contributed by atoms with Crippen molar-refractivity contribution in [3.63, 3.8) is 0 Å². The van der Waals surface area contributed by atoms with Crippen LogP contribution in [0.15, 0.2) is 28.1 Å². The lowest BCUT2D eigenvalue weighted by Crippen LogP contribution is -2.37. The third kappa shape index (κ3) is 4.03. The Balaban J connectivity index is 1.51. The molecule has 1 saturated heterocycles. The van der Waals surface area contributed by atoms with Crippen LogP contribution in [0, 0.1) is 13.8 Å². The number of nitrogens with zero attached hydrogens (tertiary/aromatic N) is 2. The van der Waals surface area contributed by atoms with Crippen molar-refractivity contribution in [2.75, 3.05) is 19.7 Å². The molecule has 1 unspecified atom stereocenters. The Bertz CT molecular complexity index is 1090. The van der Waals surface area contributed by atoms with Gasteiger partial charge in [0.1, 0.15) is 23.7 Å². The van der Waals surface area contributed by atoms with Gasteiger partial charge in [-0.15, -0.1) is 11.3 Å². The Kier molecular flexibility index (Phi) is 5.74. The number of carbonyl (C=O) groups excluding carboxylic acids is 2. The van der Waals surface area contributed by atoms with E-state index >= 15 is 0 Å². The molecular formula is C21H23N3O5S. The number of carbonyl (C=O) groups is 2. The largest absolute Gasteiger partial charge is 0.488 e. The van der Waals surface area contributed by atoms with Crippen molar-refractivity contribution in [3.8, 4) is 5.75 Å². The maximum Gasteiger partial charge on any atom is 0.255 e. The van der Waals surface area contributed by atoms with E-state index in [1.165, 1.54) is 0 Å². The minimum absolute atomic E-state index is 0.0721. The fourth-order valence-corrected chi connectivity index (χ4v) is 4.34. The molecule has 8 nitrogen and oxygen atoms in total. The quantitative estimate of drug-likeness (QED) is 0.598. The van der Waals surface area contributed by atoms with Crippen molar-refractivity contribution < 1.29 is 23.8 Å². The number of nitrogens with one attached hydrogen (secondary N) is 1. The van der Waals surface area contributed by atoms with Crippen molar-refractivity contribution in [1.82, 2.24) is 15.2 Å². The van der Waals surface area contributed by atoms with Gasteiger partial charge in [0.25, 0.3) is 5.91 Å². The summed E-state index contributed by atoms with van der Waals surface area (Å²) in [5.74, 6) is 0.785. The Morgan fingerprint density at radius 3 is 3.00 bits per heavy atom. The highest BCUT2D eigenvalue weighted by molar-refractivity contribution is 7.09. The van der Waals surface area contributed by atoms with E-state index in [0.29, 0.717) is 41.2 Å². The second-order valence-electron chi connectivity index (χ2n) is 7.28. The van der Waals surface area contributed by atoms with Gasteiger partial charge in [0.15, 0.2) is 0 Å². The molecule has 1 aliphatic heterocycles. The first kappa shape index (κ1) is 20.4. The number of aliphatic hydroxyl groups is 1. The zero-order valence-electron chi connectivity index (χ0n) is 16.8. The van der Waals surface area contributed by atoms with Crippen molar-refractivity contribution in [2.45, 2.75) is 32.9 Å². The fourth-order valence-electron chi connectivity index (χ4n) is 3.65. The summed E-state index contributed by atoms with van der Waals surface area (Å²) in [7, 11) is 0. The summed E-state index contributed by atoms with van der Waals surface area (Å²) in [6.07, 6.45) is 0.225. The molecule has 30 heavy (non-hydrogen) atoms. The van der Waals surface area contributed by atoms with Crippen LogP contribution in [0.4, 0.5) is 0 Å². The molecule has 1 atom stereocenters. The first-order valence-corrected chi connectivity index (χ1v) is 10.6. The smallest absolute Gasteiger partial charge is 0.255 e. The van der Waals surface area contributed by atoms with Crippen LogP contribution in [-0.4, -0.2) is 52.5 Å². The first-order valence-electron chi connectivity index (χ1n) is 9.70. The topological polar surface area (TPSA) is 105 Å². The number of fused-ring (bicyclic) bond motifs is 1. The van der Waals surface area contributed by atoms with Gasteiger partial charge in [-0.05, 0) is 32.0 Å². The Morgan fingerprint density at radius 2 is 2.27 bits per heavy atom. The fraction of sp³-hybridized carbons (Fsp3) is 0.381. The predicted octanol–water partition coefficient (Wildman–Crippen LogP) is 2.41. The van der Waals surface area contributed by atoms with E-state index in [2.05, 4.69) is 10.3 Å². The van der Waals surface area contributed by atoms with Crippen molar-refractivity contribution in [1.29, 1.82) is 0 Å². The number of rotatable bonds is 7. The molecular weight excluding hydrogens is 406 g/mol. The molecule has 1 aromatic carbocycles. The van der Waals surface area contributed by atoms with Crippen LogP contribution < -0.4 is 10.1 Å². The standard InChI is InChI=1S/C21H23N3O5S/c1-12-18(30-11-22-12)10-28-15-3-4-17-16(8-15)20(13(2)29-17)21(27)23-14-7-19(26)24(9-14)5-6-25/h3-4,8,11,14,25H,5-7,9-10H2,1-2H3,(H,23,27). The molecule has 3 aromatic rings. The molecule has 1 aliphatic rings. The number of furan rings is 1. The van der Waals surface area contributed by atoms with Crippen LogP contribution in [0.3, 0.4) is 0 Å². The summed E-state index contributed by atoms with van der Waals surface area (Å²) in [5.41, 5.74) is 3.77. The molecule has 2 amide bonds. The molecule has 9 heteroatoms. The molecule has 0 spiro atoms. The van der Waals surface area contributed by atoms with Crippen LogP contribution in [0.1, 0.15) is 33.1 Å². The zero-order valence-corrected chi connectivity index (χ0v) is 17.6. The number of benzene rings is 1. The van der Waals surface area contributed by atoms with E-state index < -0.39 is 0 Å². The molecule has 0 saturated carbocycles. The van der Waals surface area contributed by atoms with Gasteiger partial charge >= 0.3 is 0 Å². The van der Waals surface area contributed by atoms with Crippen molar-refractivity contribution >= 4 is 34.1 Å². The van der Waals surface area contributed by atoms with E-state index in [0.717, 1.165) is 10.6 Å². The van der Waals surface area contributed by atoms with Crippen molar-refractivity contribution in [3.05, 3.63) is 45.6 Å². The Labute approximate surface area is 177 Å². The van der Waals surface area contributed by atoms with E-state index in [4.69, 9.17) is 14.3 Å². The summed E-state index contributed by atoms with van der Waals surface area (Å²) in [5, 5.41) is 12.6. The number of thiazole rings is 1. The molecule has 2 aromatic heterocycles. The van der Waals surface area contributed by atoms with Crippen molar-refractivity contribution in [2.24, 2.45) is 0 Å². The maximum atomic E-state index is 13.0. The molecule has 0 bridgehead atoms.